The third kappa shape index (κ3) is 3.63. The van der Waals surface area contributed by atoms with Gasteiger partial charge in [-0.3, -0.25) is 9.59 Å². The van der Waals surface area contributed by atoms with Gasteiger partial charge in [-0.25, -0.2) is 4.68 Å². The van der Waals surface area contributed by atoms with Gasteiger partial charge in [0.05, 0.1) is 24.3 Å². The molecule has 1 aromatic carbocycles. The van der Waals surface area contributed by atoms with Gasteiger partial charge in [0.2, 0.25) is 0 Å². The molecule has 0 unspecified atom stereocenters. The first kappa shape index (κ1) is 19.0. The lowest BCUT2D eigenvalue weighted by Gasteiger charge is -2.28. The van der Waals surface area contributed by atoms with Crippen LogP contribution in [0.4, 0.5) is 0 Å². The molecule has 0 N–H and O–H groups in total. The fourth-order valence-corrected chi connectivity index (χ4v) is 5.01. The summed E-state index contributed by atoms with van der Waals surface area (Å²) in [5.74, 6) is -0.0180. The Morgan fingerprint density at radius 3 is 2.80 bits per heavy atom. The molecular weight excluding hydrogens is 398 g/mol. The van der Waals surface area contributed by atoms with Crippen molar-refractivity contribution in [2.75, 3.05) is 13.1 Å². The molecule has 7 nitrogen and oxygen atoms in total. The lowest BCUT2D eigenvalue weighted by Crippen LogP contribution is -2.38. The van der Waals surface area contributed by atoms with Crippen molar-refractivity contribution < 1.29 is 9.59 Å². The van der Waals surface area contributed by atoms with Crippen molar-refractivity contribution in [1.29, 1.82) is 0 Å². The predicted molar refractivity (Wildman–Crippen MR) is 113 cm³/mol. The van der Waals surface area contributed by atoms with E-state index in [0.717, 1.165) is 31.4 Å². The summed E-state index contributed by atoms with van der Waals surface area (Å²) in [6.07, 6.45) is 4.49. The number of amides is 2. The van der Waals surface area contributed by atoms with E-state index in [2.05, 4.69) is 22.4 Å². The Morgan fingerprint density at radius 2 is 1.97 bits per heavy atom. The van der Waals surface area contributed by atoms with Gasteiger partial charge in [0.15, 0.2) is 5.69 Å². The Morgan fingerprint density at radius 1 is 1.10 bits per heavy atom. The summed E-state index contributed by atoms with van der Waals surface area (Å²) in [4.78, 5) is 29.4. The lowest BCUT2D eigenvalue weighted by molar-refractivity contribution is 0.0715. The third-order valence-electron chi connectivity index (χ3n) is 5.98. The van der Waals surface area contributed by atoms with E-state index in [1.807, 2.05) is 38.8 Å². The summed E-state index contributed by atoms with van der Waals surface area (Å²) in [6.45, 7) is 2.60. The number of fused-ring (bicyclic) bond motifs is 1. The highest BCUT2D eigenvalue weighted by Crippen LogP contribution is 2.23. The monoisotopic (exact) mass is 421 g/mol. The van der Waals surface area contributed by atoms with Crippen molar-refractivity contribution in [2.45, 2.75) is 38.4 Å². The average molecular weight is 422 g/mol. The van der Waals surface area contributed by atoms with E-state index < -0.39 is 0 Å². The normalized spacial score (nSPS) is 18.5. The maximum atomic E-state index is 12.9. The van der Waals surface area contributed by atoms with Gasteiger partial charge in [-0.15, -0.1) is 5.10 Å². The molecule has 4 heterocycles. The van der Waals surface area contributed by atoms with Crippen LogP contribution in [-0.2, 0) is 19.5 Å². The fraction of sp³-hybridized carbons (Fsp3) is 0.364. The zero-order valence-corrected chi connectivity index (χ0v) is 17.4. The number of rotatable bonds is 4. The van der Waals surface area contributed by atoms with Gasteiger partial charge in [-0.05, 0) is 41.8 Å². The van der Waals surface area contributed by atoms with Crippen LogP contribution in [-0.4, -0.2) is 55.7 Å². The zero-order valence-electron chi connectivity index (χ0n) is 16.6. The third-order valence-corrected chi connectivity index (χ3v) is 6.66. The predicted octanol–water partition coefficient (Wildman–Crippen LogP) is 2.84. The van der Waals surface area contributed by atoms with Gasteiger partial charge < -0.3 is 9.80 Å². The van der Waals surface area contributed by atoms with E-state index in [-0.39, 0.29) is 17.9 Å². The van der Waals surface area contributed by atoms with Crippen molar-refractivity contribution in [1.82, 2.24) is 24.8 Å². The second kappa shape index (κ2) is 8.02. The highest BCUT2D eigenvalue weighted by molar-refractivity contribution is 7.08. The van der Waals surface area contributed by atoms with Crippen molar-refractivity contribution >= 4 is 23.2 Å². The first-order chi connectivity index (χ1) is 14.7. The van der Waals surface area contributed by atoms with Crippen LogP contribution in [0, 0.1) is 0 Å². The van der Waals surface area contributed by atoms with Crippen LogP contribution in [0.25, 0.3) is 0 Å². The number of thiophene rings is 1. The number of likely N-dealkylation sites (tertiary alicyclic amines) is 1. The molecule has 0 saturated carbocycles. The van der Waals surface area contributed by atoms with E-state index in [1.54, 1.807) is 10.9 Å². The maximum Gasteiger partial charge on any atom is 0.276 e. The molecular formula is C22H23N5O2S. The van der Waals surface area contributed by atoms with E-state index in [9.17, 15) is 9.59 Å². The number of hydrogen-bond donors (Lipinski definition) is 0. The van der Waals surface area contributed by atoms with E-state index in [1.165, 1.54) is 22.5 Å². The van der Waals surface area contributed by atoms with Gasteiger partial charge in [-0.1, -0.05) is 29.5 Å². The SMILES string of the molecule is O=C(c1cn(C[C@@H]2CCCN2C(=O)c2ccsc2)nn1)N1CCc2ccccc2C1. The van der Waals surface area contributed by atoms with E-state index in [4.69, 9.17) is 0 Å². The molecule has 0 spiro atoms. The zero-order chi connectivity index (χ0) is 20.5. The minimum Gasteiger partial charge on any atom is -0.334 e. The number of nitrogens with zero attached hydrogens (tertiary/aromatic N) is 5. The van der Waals surface area contributed by atoms with Crippen LogP contribution < -0.4 is 0 Å². The average Bonchev–Trinajstić information content (AvgIpc) is 3.54. The molecule has 2 aliphatic rings. The van der Waals surface area contributed by atoms with Crippen LogP contribution in [0.2, 0.25) is 0 Å². The quantitative estimate of drug-likeness (QED) is 0.650. The number of hydrogen-bond acceptors (Lipinski definition) is 5. The second-order valence-electron chi connectivity index (χ2n) is 7.88. The summed E-state index contributed by atoms with van der Waals surface area (Å²) in [5.41, 5.74) is 3.61. The Balaban J connectivity index is 1.25. The van der Waals surface area contributed by atoms with Crippen LogP contribution >= 0.6 is 11.3 Å². The van der Waals surface area contributed by atoms with Gasteiger partial charge in [0.1, 0.15) is 0 Å². The molecule has 8 heteroatoms. The standard InChI is InChI=1S/C22H23N5O2S/c28-21(18-8-11-30-15-18)27-9-3-6-19(27)13-26-14-20(23-24-26)22(29)25-10-7-16-4-1-2-5-17(16)12-25/h1-2,4-5,8,11,14-15,19H,3,6-7,9-10,12-13H2/t19-/m0/s1. The summed E-state index contributed by atoms with van der Waals surface area (Å²) >= 11 is 1.53. The molecule has 0 bridgehead atoms. The van der Waals surface area contributed by atoms with Gasteiger partial charge in [-0.2, -0.15) is 11.3 Å². The molecule has 0 radical (unpaired) electrons. The van der Waals surface area contributed by atoms with Crippen LogP contribution in [0.1, 0.15) is 44.8 Å². The summed E-state index contributed by atoms with van der Waals surface area (Å²) in [5, 5.41) is 12.1. The fourth-order valence-electron chi connectivity index (χ4n) is 4.38. The minimum atomic E-state index is -0.0895. The lowest BCUT2D eigenvalue weighted by atomic mass is 10.00. The Kier molecular flexibility index (Phi) is 5.08. The van der Waals surface area contributed by atoms with Crippen LogP contribution in [0.15, 0.2) is 47.3 Å². The van der Waals surface area contributed by atoms with Gasteiger partial charge in [0.25, 0.3) is 11.8 Å². The van der Waals surface area contributed by atoms with Crippen LogP contribution in [0.3, 0.4) is 0 Å². The van der Waals surface area contributed by atoms with Crippen molar-refractivity contribution in [3.63, 3.8) is 0 Å². The molecule has 30 heavy (non-hydrogen) atoms. The molecule has 2 amide bonds. The van der Waals surface area contributed by atoms with E-state index in [0.29, 0.717) is 25.3 Å². The highest BCUT2D eigenvalue weighted by Gasteiger charge is 2.31. The van der Waals surface area contributed by atoms with Gasteiger partial charge in [0, 0.05) is 25.0 Å². The first-order valence-corrected chi connectivity index (χ1v) is 11.2. The number of carbonyl (C=O) groups is 2. The number of aromatic nitrogens is 3. The smallest absolute Gasteiger partial charge is 0.276 e. The molecule has 1 saturated heterocycles. The first-order valence-electron chi connectivity index (χ1n) is 10.3. The van der Waals surface area contributed by atoms with Crippen LogP contribution in [0.5, 0.6) is 0 Å². The Bertz CT molecular complexity index is 1060. The molecule has 2 aromatic heterocycles. The second-order valence-corrected chi connectivity index (χ2v) is 8.66. The summed E-state index contributed by atoms with van der Waals surface area (Å²) in [7, 11) is 0. The molecule has 0 aliphatic carbocycles. The molecule has 1 fully saturated rings. The van der Waals surface area contributed by atoms with Crippen molar-refractivity contribution in [3.8, 4) is 0 Å². The number of benzene rings is 1. The molecule has 3 aromatic rings. The maximum absolute atomic E-state index is 12.9. The summed E-state index contributed by atoms with van der Waals surface area (Å²) < 4.78 is 1.70. The van der Waals surface area contributed by atoms with E-state index >= 15 is 0 Å². The Hall–Kier alpha value is -3.00. The largest absolute Gasteiger partial charge is 0.334 e. The Labute approximate surface area is 178 Å². The minimum absolute atomic E-state index is 0.0714. The molecule has 2 aliphatic heterocycles. The van der Waals surface area contributed by atoms with Gasteiger partial charge >= 0.3 is 0 Å². The van der Waals surface area contributed by atoms with Crippen molar-refractivity contribution in [2.24, 2.45) is 0 Å². The molecule has 1 atom stereocenters. The highest BCUT2D eigenvalue weighted by atomic mass is 32.1. The summed E-state index contributed by atoms with van der Waals surface area (Å²) in [6, 6.07) is 10.2. The van der Waals surface area contributed by atoms with Crippen molar-refractivity contribution in [3.05, 3.63) is 69.7 Å². The topological polar surface area (TPSA) is 71.3 Å². The molecule has 5 rings (SSSR count). The number of carbonyl (C=O) groups excluding carboxylic acids is 2. The molecule has 154 valence electrons.